The van der Waals surface area contributed by atoms with Crippen LogP contribution in [0.25, 0.3) is 0 Å². The van der Waals surface area contributed by atoms with Gasteiger partial charge >= 0.3 is 0 Å². The van der Waals surface area contributed by atoms with E-state index in [0.717, 1.165) is 30.8 Å². The first-order valence-electron chi connectivity index (χ1n) is 10.0. The number of rotatable bonds is 7. The highest BCUT2D eigenvalue weighted by Crippen LogP contribution is 2.33. The normalized spacial score (nSPS) is 20.4. The highest BCUT2D eigenvalue weighted by atomic mass is 32.2. The second-order valence-electron chi connectivity index (χ2n) is 7.41. The van der Waals surface area contributed by atoms with Crippen LogP contribution in [0.3, 0.4) is 0 Å². The van der Waals surface area contributed by atoms with Gasteiger partial charge in [-0.3, -0.25) is 15.0 Å². The summed E-state index contributed by atoms with van der Waals surface area (Å²) in [6, 6.07) is 0. The smallest absolute Gasteiger partial charge is 0.266 e. The Balaban J connectivity index is 1.68. The fourth-order valence-electron chi connectivity index (χ4n) is 3.81. The molecule has 2 saturated heterocycles. The van der Waals surface area contributed by atoms with Crippen molar-refractivity contribution in [1.82, 2.24) is 19.8 Å². The molecule has 0 bridgehead atoms. The molecule has 2 fully saturated rings. The van der Waals surface area contributed by atoms with E-state index in [1.807, 2.05) is 4.90 Å². The van der Waals surface area contributed by atoms with E-state index in [1.54, 1.807) is 17.9 Å². The molecule has 0 aromatic carbocycles. The Hall–Kier alpha value is -1.82. The number of hydrogen-bond donors (Lipinski definition) is 2. The Bertz CT molecular complexity index is 787. The Labute approximate surface area is 171 Å². The van der Waals surface area contributed by atoms with Crippen molar-refractivity contribution in [2.45, 2.75) is 43.8 Å². The average Bonchev–Trinajstić information content (AvgIpc) is 2.78. The fourth-order valence-corrected chi connectivity index (χ4v) is 5.91. The standard InChI is InChI=1S/C18H29N5O5S/c1-2-3-4-15-13-20-16(14-19-15)22-7-9-23(10-8-22)29(26,27)18(17(24)21-25)5-11-28-12-6-18/h13-14,25H,2-12H2,1H3,(H,21,24). The SMILES string of the molecule is CCCCc1cnc(N2CCN(S(=O)(=O)C3(C(=O)NO)CCOCC3)CC2)cn1. The number of ether oxygens (including phenoxy) is 1. The van der Waals surface area contributed by atoms with Gasteiger partial charge in [0.25, 0.3) is 5.91 Å². The third-order valence-corrected chi connectivity index (χ3v) is 8.32. The van der Waals surface area contributed by atoms with Crippen LogP contribution >= 0.6 is 0 Å². The molecule has 3 rings (SSSR count). The van der Waals surface area contributed by atoms with Crippen LogP contribution in [-0.2, 0) is 26.0 Å². The van der Waals surface area contributed by atoms with Crippen molar-refractivity contribution in [2.24, 2.45) is 0 Å². The van der Waals surface area contributed by atoms with Crippen LogP contribution in [-0.4, -0.2) is 77.9 Å². The van der Waals surface area contributed by atoms with E-state index in [-0.39, 0.29) is 39.1 Å². The molecule has 10 nitrogen and oxygen atoms in total. The molecule has 0 saturated carbocycles. The number of piperazine rings is 1. The molecule has 2 N–H and O–H groups in total. The maximum Gasteiger partial charge on any atom is 0.266 e. The van der Waals surface area contributed by atoms with Crippen LogP contribution in [0.15, 0.2) is 12.4 Å². The summed E-state index contributed by atoms with van der Waals surface area (Å²) in [5, 5.41) is 9.13. The van der Waals surface area contributed by atoms with Crippen LogP contribution in [0.4, 0.5) is 5.82 Å². The topological polar surface area (TPSA) is 125 Å². The number of sulfonamides is 1. The van der Waals surface area contributed by atoms with Crippen molar-refractivity contribution in [1.29, 1.82) is 0 Å². The number of nitrogens with zero attached hydrogens (tertiary/aromatic N) is 4. The van der Waals surface area contributed by atoms with E-state index >= 15 is 0 Å². The van der Waals surface area contributed by atoms with E-state index < -0.39 is 20.7 Å². The molecule has 11 heteroatoms. The molecule has 1 aromatic heterocycles. The third kappa shape index (κ3) is 4.37. The number of aromatic nitrogens is 2. The Morgan fingerprint density at radius 2 is 1.90 bits per heavy atom. The van der Waals surface area contributed by atoms with Gasteiger partial charge in [-0.2, -0.15) is 4.31 Å². The zero-order valence-corrected chi connectivity index (χ0v) is 17.5. The monoisotopic (exact) mass is 427 g/mol. The minimum absolute atomic E-state index is 0.0205. The molecule has 1 amide bonds. The Morgan fingerprint density at radius 3 is 2.45 bits per heavy atom. The lowest BCUT2D eigenvalue weighted by Gasteiger charge is -2.41. The molecule has 0 spiro atoms. The van der Waals surface area contributed by atoms with E-state index in [1.165, 1.54) is 4.31 Å². The lowest BCUT2D eigenvalue weighted by atomic mass is 9.98. The number of nitrogens with one attached hydrogen (secondary N) is 1. The van der Waals surface area contributed by atoms with Gasteiger partial charge in [0.2, 0.25) is 10.0 Å². The quantitative estimate of drug-likeness (QED) is 0.471. The molecule has 3 heterocycles. The van der Waals surface area contributed by atoms with Crippen molar-refractivity contribution in [3.05, 3.63) is 18.1 Å². The van der Waals surface area contributed by atoms with Crippen molar-refractivity contribution in [2.75, 3.05) is 44.3 Å². The van der Waals surface area contributed by atoms with Crippen molar-refractivity contribution in [3.8, 4) is 0 Å². The second kappa shape index (κ2) is 9.33. The van der Waals surface area contributed by atoms with Crippen molar-refractivity contribution < 1.29 is 23.2 Å². The lowest BCUT2D eigenvalue weighted by molar-refractivity contribution is -0.134. The molecule has 0 radical (unpaired) electrons. The summed E-state index contributed by atoms with van der Waals surface area (Å²) in [5.74, 6) is -0.173. The van der Waals surface area contributed by atoms with Gasteiger partial charge < -0.3 is 9.64 Å². The molecule has 2 aliphatic rings. The zero-order chi connectivity index (χ0) is 20.9. The van der Waals surface area contributed by atoms with E-state index in [9.17, 15) is 13.2 Å². The summed E-state index contributed by atoms with van der Waals surface area (Å²) in [6.07, 6.45) is 6.61. The second-order valence-corrected chi connectivity index (χ2v) is 9.66. The average molecular weight is 428 g/mol. The van der Waals surface area contributed by atoms with Crippen molar-refractivity contribution in [3.63, 3.8) is 0 Å². The predicted octanol–water partition coefficient (Wildman–Crippen LogP) is 0.326. The van der Waals surface area contributed by atoms with Crippen LogP contribution in [0.1, 0.15) is 38.3 Å². The summed E-state index contributed by atoms with van der Waals surface area (Å²) in [4.78, 5) is 23.2. The van der Waals surface area contributed by atoms with Crippen LogP contribution < -0.4 is 10.4 Å². The largest absolute Gasteiger partial charge is 0.381 e. The summed E-state index contributed by atoms with van der Waals surface area (Å²) in [5.41, 5.74) is 2.50. The van der Waals surface area contributed by atoms with Gasteiger partial charge in [0.05, 0.1) is 18.1 Å². The number of anilines is 1. The van der Waals surface area contributed by atoms with Gasteiger partial charge in [-0.05, 0) is 12.8 Å². The molecule has 0 atom stereocenters. The summed E-state index contributed by atoms with van der Waals surface area (Å²) in [6.45, 7) is 3.83. The number of hydrogen-bond acceptors (Lipinski definition) is 8. The van der Waals surface area contributed by atoms with Gasteiger partial charge in [-0.25, -0.2) is 18.9 Å². The number of carbonyl (C=O) groups excluding carboxylic acids is 1. The molecule has 0 aliphatic carbocycles. The number of carbonyl (C=O) groups is 1. The van der Waals surface area contributed by atoms with E-state index in [4.69, 9.17) is 9.94 Å². The minimum atomic E-state index is -3.96. The first kappa shape index (κ1) is 21.9. The van der Waals surface area contributed by atoms with Gasteiger partial charge in [0.15, 0.2) is 4.75 Å². The highest BCUT2D eigenvalue weighted by molar-refractivity contribution is 7.91. The molecule has 2 aliphatic heterocycles. The van der Waals surface area contributed by atoms with Crippen LogP contribution in [0.5, 0.6) is 0 Å². The van der Waals surface area contributed by atoms with E-state index in [0.29, 0.717) is 13.1 Å². The lowest BCUT2D eigenvalue weighted by Crippen LogP contribution is -2.62. The molecule has 162 valence electrons. The van der Waals surface area contributed by atoms with Crippen molar-refractivity contribution >= 4 is 21.7 Å². The minimum Gasteiger partial charge on any atom is -0.381 e. The zero-order valence-electron chi connectivity index (χ0n) is 16.7. The van der Waals surface area contributed by atoms with Crippen LogP contribution in [0.2, 0.25) is 0 Å². The maximum absolute atomic E-state index is 13.3. The molecule has 0 unspecified atom stereocenters. The number of hydroxylamine groups is 1. The third-order valence-electron chi connectivity index (χ3n) is 5.69. The molecule has 29 heavy (non-hydrogen) atoms. The van der Waals surface area contributed by atoms with Crippen LogP contribution in [0, 0.1) is 0 Å². The first-order chi connectivity index (χ1) is 13.9. The predicted molar refractivity (Wildman–Crippen MR) is 106 cm³/mol. The van der Waals surface area contributed by atoms with Gasteiger partial charge in [0, 0.05) is 52.2 Å². The van der Waals surface area contributed by atoms with Gasteiger partial charge in [-0.15, -0.1) is 0 Å². The molecular weight excluding hydrogens is 398 g/mol. The molecule has 1 aromatic rings. The summed E-state index contributed by atoms with van der Waals surface area (Å²) in [7, 11) is -3.96. The Kier molecular flexibility index (Phi) is 7.04. The molecular formula is C18H29N5O5S. The number of aryl methyl sites for hydroxylation is 1. The number of amides is 1. The van der Waals surface area contributed by atoms with Gasteiger partial charge in [0.1, 0.15) is 5.82 Å². The first-order valence-corrected chi connectivity index (χ1v) is 11.5. The summed E-state index contributed by atoms with van der Waals surface area (Å²) < 4.78 is 31.5. The number of unbranched alkanes of at least 4 members (excludes halogenated alkanes) is 1. The van der Waals surface area contributed by atoms with Gasteiger partial charge in [-0.1, -0.05) is 13.3 Å². The highest BCUT2D eigenvalue weighted by Gasteiger charge is 2.54. The van der Waals surface area contributed by atoms with E-state index in [2.05, 4.69) is 16.9 Å². The fraction of sp³-hybridized carbons (Fsp3) is 0.722. The summed E-state index contributed by atoms with van der Waals surface area (Å²) >= 11 is 0. The maximum atomic E-state index is 13.3. The Morgan fingerprint density at radius 1 is 1.21 bits per heavy atom.